The highest BCUT2D eigenvalue weighted by Crippen LogP contribution is 2.21. The largest absolute Gasteiger partial charge is 0.463 e. The SMILES string of the molecule is CC(=O)OC[C@H]1OC(OCC(F)(F)F)C=C[C@H]1OC(C)=O. The molecule has 0 spiro atoms. The van der Waals surface area contributed by atoms with E-state index in [0.717, 1.165) is 6.92 Å². The van der Waals surface area contributed by atoms with Gasteiger partial charge < -0.3 is 18.9 Å². The molecule has 1 unspecified atom stereocenters. The van der Waals surface area contributed by atoms with E-state index in [1.165, 1.54) is 19.1 Å². The first kappa shape index (κ1) is 17.4. The summed E-state index contributed by atoms with van der Waals surface area (Å²) in [5.41, 5.74) is 0. The Bertz CT molecular complexity index is 406. The summed E-state index contributed by atoms with van der Waals surface area (Å²) < 4.78 is 55.5. The Kier molecular flexibility index (Phi) is 6.16. The van der Waals surface area contributed by atoms with Crippen LogP contribution in [-0.2, 0) is 28.5 Å². The average Bonchev–Trinajstić information content (AvgIpc) is 2.34. The topological polar surface area (TPSA) is 71.1 Å². The van der Waals surface area contributed by atoms with Crippen molar-refractivity contribution in [3.8, 4) is 0 Å². The van der Waals surface area contributed by atoms with Crippen LogP contribution in [0.2, 0.25) is 0 Å². The molecule has 0 aliphatic carbocycles. The van der Waals surface area contributed by atoms with Crippen molar-refractivity contribution in [3.05, 3.63) is 12.2 Å². The van der Waals surface area contributed by atoms with Crippen molar-refractivity contribution >= 4 is 11.9 Å². The fourth-order valence-corrected chi connectivity index (χ4v) is 1.53. The van der Waals surface area contributed by atoms with Gasteiger partial charge >= 0.3 is 18.1 Å². The van der Waals surface area contributed by atoms with E-state index in [9.17, 15) is 22.8 Å². The lowest BCUT2D eigenvalue weighted by atomic mass is 10.1. The zero-order valence-electron chi connectivity index (χ0n) is 11.4. The van der Waals surface area contributed by atoms with E-state index in [4.69, 9.17) is 14.2 Å². The summed E-state index contributed by atoms with van der Waals surface area (Å²) in [7, 11) is 0. The normalized spacial score (nSPS) is 25.5. The highest BCUT2D eigenvalue weighted by atomic mass is 19.4. The number of hydrogen-bond donors (Lipinski definition) is 0. The fourth-order valence-electron chi connectivity index (χ4n) is 1.53. The smallest absolute Gasteiger partial charge is 0.411 e. The number of rotatable bonds is 5. The third kappa shape index (κ3) is 7.09. The van der Waals surface area contributed by atoms with E-state index in [2.05, 4.69) is 4.74 Å². The molecule has 1 aliphatic rings. The second-order valence-corrected chi connectivity index (χ2v) is 4.23. The van der Waals surface area contributed by atoms with E-state index < -0.39 is 43.2 Å². The standard InChI is InChI=1S/C12H15F3O6/c1-7(16)18-5-10-9(20-8(2)17)3-4-11(21-10)19-6-12(13,14)15/h3-4,9-11H,5-6H2,1-2H3/t9-,10-,11?/m1/s1. The molecule has 1 rings (SSSR count). The zero-order chi connectivity index (χ0) is 16.0. The van der Waals surface area contributed by atoms with Crippen molar-refractivity contribution in [3.63, 3.8) is 0 Å². The Balaban J connectivity index is 2.64. The lowest BCUT2D eigenvalue weighted by Gasteiger charge is -2.31. The van der Waals surface area contributed by atoms with Gasteiger partial charge in [-0.15, -0.1) is 0 Å². The first-order valence-electron chi connectivity index (χ1n) is 6.00. The molecule has 1 heterocycles. The summed E-state index contributed by atoms with van der Waals surface area (Å²) >= 11 is 0. The van der Waals surface area contributed by atoms with Crippen molar-refractivity contribution in [1.82, 2.24) is 0 Å². The third-order valence-corrected chi connectivity index (χ3v) is 2.30. The molecular formula is C12H15F3O6. The molecular weight excluding hydrogens is 297 g/mol. The molecule has 9 heteroatoms. The molecule has 0 aromatic carbocycles. The summed E-state index contributed by atoms with van der Waals surface area (Å²) in [6.07, 6.45) is -5.04. The lowest BCUT2D eigenvalue weighted by Crippen LogP contribution is -2.42. The minimum atomic E-state index is -4.49. The van der Waals surface area contributed by atoms with Crippen LogP contribution in [0, 0.1) is 0 Å². The van der Waals surface area contributed by atoms with E-state index in [0.29, 0.717) is 0 Å². The quantitative estimate of drug-likeness (QED) is 0.563. The first-order chi connectivity index (χ1) is 9.67. The molecule has 1 aliphatic heterocycles. The van der Waals surface area contributed by atoms with E-state index in [1.54, 1.807) is 0 Å². The minimum Gasteiger partial charge on any atom is -0.463 e. The molecule has 3 atom stereocenters. The maximum Gasteiger partial charge on any atom is 0.411 e. The summed E-state index contributed by atoms with van der Waals surface area (Å²) in [6.45, 7) is 0.574. The van der Waals surface area contributed by atoms with Gasteiger partial charge in [0.1, 0.15) is 25.4 Å². The first-order valence-corrected chi connectivity index (χ1v) is 6.00. The molecule has 120 valence electrons. The minimum absolute atomic E-state index is 0.274. The number of halogens is 3. The predicted molar refractivity (Wildman–Crippen MR) is 62.0 cm³/mol. The Morgan fingerprint density at radius 2 is 1.86 bits per heavy atom. The van der Waals surface area contributed by atoms with Crippen molar-refractivity contribution in [2.75, 3.05) is 13.2 Å². The molecule has 0 saturated carbocycles. The number of carbonyl (C=O) groups is 2. The van der Waals surface area contributed by atoms with E-state index >= 15 is 0 Å². The number of carbonyl (C=O) groups excluding carboxylic acids is 2. The second-order valence-electron chi connectivity index (χ2n) is 4.23. The van der Waals surface area contributed by atoms with Crippen LogP contribution in [0.4, 0.5) is 13.2 Å². The van der Waals surface area contributed by atoms with Gasteiger partial charge in [0.25, 0.3) is 0 Å². The van der Waals surface area contributed by atoms with Gasteiger partial charge in [-0.05, 0) is 12.2 Å². The van der Waals surface area contributed by atoms with Gasteiger partial charge in [-0.25, -0.2) is 0 Å². The lowest BCUT2D eigenvalue weighted by molar-refractivity contribution is -0.240. The summed E-state index contributed by atoms with van der Waals surface area (Å²) in [5, 5.41) is 0. The fraction of sp³-hybridized carbons (Fsp3) is 0.667. The monoisotopic (exact) mass is 312 g/mol. The number of hydrogen-bond acceptors (Lipinski definition) is 6. The van der Waals surface area contributed by atoms with Crippen molar-refractivity contribution in [1.29, 1.82) is 0 Å². The van der Waals surface area contributed by atoms with Crippen molar-refractivity contribution in [2.24, 2.45) is 0 Å². The van der Waals surface area contributed by atoms with Crippen molar-refractivity contribution in [2.45, 2.75) is 38.5 Å². The van der Waals surface area contributed by atoms with Crippen LogP contribution in [0.3, 0.4) is 0 Å². The predicted octanol–water partition coefficient (Wildman–Crippen LogP) is 1.34. The van der Waals surface area contributed by atoms with Crippen LogP contribution in [0.5, 0.6) is 0 Å². The van der Waals surface area contributed by atoms with Crippen LogP contribution in [0.1, 0.15) is 13.8 Å². The van der Waals surface area contributed by atoms with Crippen molar-refractivity contribution < 1.29 is 41.7 Å². The van der Waals surface area contributed by atoms with Crippen LogP contribution in [0.25, 0.3) is 0 Å². The van der Waals surface area contributed by atoms with Gasteiger partial charge in [0.05, 0.1) is 0 Å². The Labute approximate surface area is 118 Å². The maximum atomic E-state index is 12.1. The summed E-state index contributed by atoms with van der Waals surface area (Å²) in [6, 6.07) is 0. The van der Waals surface area contributed by atoms with E-state index in [-0.39, 0.29) is 6.61 Å². The number of ether oxygens (including phenoxy) is 4. The Morgan fingerprint density at radius 1 is 1.19 bits per heavy atom. The molecule has 0 aromatic heterocycles. The summed E-state index contributed by atoms with van der Waals surface area (Å²) in [4.78, 5) is 21.7. The highest BCUT2D eigenvalue weighted by Gasteiger charge is 2.34. The molecule has 0 saturated heterocycles. The van der Waals surface area contributed by atoms with Crippen LogP contribution in [0.15, 0.2) is 12.2 Å². The zero-order valence-corrected chi connectivity index (χ0v) is 11.4. The maximum absolute atomic E-state index is 12.1. The second kappa shape index (κ2) is 7.41. The number of esters is 2. The third-order valence-electron chi connectivity index (χ3n) is 2.30. The van der Waals surface area contributed by atoms with Gasteiger partial charge in [0.15, 0.2) is 6.29 Å². The van der Waals surface area contributed by atoms with Gasteiger partial charge in [0, 0.05) is 13.8 Å². The molecule has 0 bridgehead atoms. The van der Waals surface area contributed by atoms with E-state index in [1.807, 2.05) is 0 Å². The molecule has 0 amide bonds. The van der Waals surface area contributed by atoms with Crippen LogP contribution in [-0.4, -0.2) is 49.8 Å². The van der Waals surface area contributed by atoms with Gasteiger partial charge in [-0.2, -0.15) is 13.2 Å². The van der Waals surface area contributed by atoms with Gasteiger partial charge in [-0.1, -0.05) is 0 Å². The molecule has 0 N–H and O–H groups in total. The van der Waals surface area contributed by atoms with Gasteiger partial charge in [0.2, 0.25) is 0 Å². The molecule has 0 fully saturated rings. The highest BCUT2D eigenvalue weighted by molar-refractivity contribution is 5.66. The van der Waals surface area contributed by atoms with Gasteiger partial charge in [-0.3, -0.25) is 9.59 Å². The molecule has 21 heavy (non-hydrogen) atoms. The summed E-state index contributed by atoms with van der Waals surface area (Å²) in [5.74, 6) is -1.20. The molecule has 6 nitrogen and oxygen atoms in total. The molecule has 0 radical (unpaired) electrons. The average molecular weight is 312 g/mol. The van der Waals surface area contributed by atoms with Crippen LogP contribution >= 0.6 is 0 Å². The molecule has 0 aromatic rings. The Hall–Kier alpha value is -1.61. The van der Waals surface area contributed by atoms with Crippen LogP contribution < -0.4 is 0 Å². The number of alkyl halides is 3. The Morgan fingerprint density at radius 3 is 2.38 bits per heavy atom.